The predicted molar refractivity (Wildman–Crippen MR) is 82.1 cm³/mol. The van der Waals surface area contributed by atoms with Gasteiger partial charge < -0.3 is 9.97 Å². The molecule has 0 atom stereocenters. The van der Waals surface area contributed by atoms with Gasteiger partial charge in [-0.15, -0.1) is 17.0 Å². The Balaban J connectivity index is 0.00000161. The molecule has 0 saturated carbocycles. The van der Waals surface area contributed by atoms with Crippen LogP contribution in [0.2, 0.25) is 0 Å². The molecule has 1 aromatic heterocycles. The maximum atomic E-state index is 11.4. The van der Waals surface area contributed by atoms with E-state index >= 15 is 0 Å². The van der Waals surface area contributed by atoms with Gasteiger partial charge in [0, 0.05) is 18.7 Å². The largest absolute Gasteiger partial charge is 0.316 e. The zero-order chi connectivity index (χ0) is 14.3. The van der Waals surface area contributed by atoms with E-state index in [1.165, 1.54) is 12.1 Å². The monoisotopic (exact) mass is 356 g/mol. The van der Waals surface area contributed by atoms with Crippen molar-refractivity contribution in [2.45, 2.75) is 13.0 Å². The van der Waals surface area contributed by atoms with Crippen molar-refractivity contribution in [3.05, 3.63) is 48.5 Å². The number of hydrogen-bond donors (Lipinski definition) is 2. The van der Waals surface area contributed by atoms with E-state index in [9.17, 15) is 19.7 Å². The molecular weight excluding hydrogens is 344 g/mol. The van der Waals surface area contributed by atoms with E-state index in [0.717, 1.165) is 19.5 Å². The molecule has 8 nitrogen and oxygen atoms in total. The summed E-state index contributed by atoms with van der Waals surface area (Å²) < 4.78 is 0. The van der Waals surface area contributed by atoms with E-state index in [1.807, 2.05) is 0 Å². The van der Waals surface area contributed by atoms with Crippen LogP contribution in [0.5, 0.6) is 0 Å². The molecule has 0 unspecified atom stereocenters. The number of nitrogens with zero attached hydrogens (tertiary/aromatic N) is 2. The van der Waals surface area contributed by atoms with Crippen molar-refractivity contribution in [3.63, 3.8) is 0 Å². The smallest absolute Gasteiger partial charge is 0.314 e. The molecule has 112 valence electrons. The molecule has 1 saturated heterocycles. The zero-order valence-corrected chi connectivity index (χ0v) is 12.6. The first-order valence-electron chi connectivity index (χ1n) is 6.20. The number of nitro benzene ring substituents is 1. The third kappa shape index (κ3) is 2.88. The Labute approximate surface area is 128 Å². The van der Waals surface area contributed by atoms with Gasteiger partial charge in [0.25, 0.3) is 5.69 Å². The van der Waals surface area contributed by atoms with Crippen LogP contribution in [0, 0.1) is 10.1 Å². The average Bonchev–Trinajstić information content (AvgIpc) is 2.35. The van der Waals surface area contributed by atoms with Crippen molar-refractivity contribution in [2.75, 3.05) is 13.1 Å². The Morgan fingerprint density at radius 2 is 1.86 bits per heavy atom. The Morgan fingerprint density at radius 1 is 1.19 bits per heavy atom. The summed E-state index contributed by atoms with van der Waals surface area (Å²) in [6.45, 7) is 2.37. The molecule has 9 heteroatoms. The van der Waals surface area contributed by atoms with E-state index in [-0.39, 0.29) is 28.2 Å². The van der Waals surface area contributed by atoms with Gasteiger partial charge in [0.1, 0.15) is 0 Å². The second-order valence-corrected chi connectivity index (χ2v) is 4.82. The minimum Gasteiger partial charge on any atom is -0.316 e. The maximum absolute atomic E-state index is 11.4. The fraction of sp³-hybridized carbons (Fsp3) is 0.333. The van der Waals surface area contributed by atoms with Gasteiger partial charge in [-0.2, -0.15) is 0 Å². The molecule has 0 aliphatic carbocycles. The summed E-state index contributed by atoms with van der Waals surface area (Å²) in [4.78, 5) is 40.2. The number of fused-ring (bicyclic) bond motifs is 1. The lowest BCUT2D eigenvalue weighted by Gasteiger charge is -2.30. The molecule has 1 aliphatic heterocycles. The van der Waals surface area contributed by atoms with Crippen LogP contribution in [0.25, 0.3) is 11.0 Å². The molecule has 1 aliphatic rings. The lowest BCUT2D eigenvalue weighted by atomic mass is 10.1. The average molecular weight is 357 g/mol. The molecule has 1 aromatic carbocycles. The quantitative estimate of drug-likeness (QED) is 0.482. The summed E-state index contributed by atoms with van der Waals surface area (Å²) in [6.07, 6.45) is 1.10. The molecule has 2 aromatic rings. The summed E-state index contributed by atoms with van der Waals surface area (Å²) in [5.74, 6) is 0. The van der Waals surface area contributed by atoms with Crippen molar-refractivity contribution in [1.82, 2.24) is 14.9 Å². The minimum absolute atomic E-state index is 0. The van der Waals surface area contributed by atoms with E-state index in [1.54, 1.807) is 0 Å². The van der Waals surface area contributed by atoms with E-state index in [2.05, 4.69) is 14.9 Å². The Morgan fingerprint density at radius 3 is 2.43 bits per heavy atom. The Hall–Kier alpha value is -2.00. The minimum atomic E-state index is -0.812. The van der Waals surface area contributed by atoms with E-state index in [0.29, 0.717) is 17.6 Å². The highest BCUT2D eigenvalue weighted by Gasteiger charge is 2.19. The number of benzene rings is 1. The van der Waals surface area contributed by atoms with Gasteiger partial charge in [-0.3, -0.25) is 24.6 Å². The number of non-ortho nitro benzene ring substituents is 1. The molecule has 0 amide bonds. The van der Waals surface area contributed by atoms with Crippen LogP contribution in [-0.2, 0) is 6.54 Å². The summed E-state index contributed by atoms with van der Waals surface area (Å²) >= 11 is 0. The Bertz CT molecular complexity index is 809. The number of nitrogens with one attached hydrogen (secondary N) is 2. The molecular formula is C12H13BrN4O4. The maximum Gasteiger partial charge on any atom is 0.314 e. The van der Waals surface area contributed by atoms with Gasteiger partial charge >= 0.3 is 11.1 Å². The molecule has 0 spiro atoms. The molecule has 3 rings (SSSR count). The highest BCUT2D eigenvalue weighted by atomic mass is 79.9. The predicted octanol–water partition coefficient (Wildman–Crippen LogP) is 0.908. The van der Waals surface area contributed by atoms with Crippen LogP contribution in [0.1, 0.15) is 12.0 Å². The molecule has 2 heterocycles. The fourth-order valence-electron chi connectivity index (χ4n) is 2.29. The second-order valence-electron chi connectivity index (χ2n) is 4.82. The third-order valence-electron chi connectivity index (χ3n) is 3.45. The first-order valence-corrected chi connectivity index (χ1v) is 6.20. The first-order chi connectivity index (χ1) is 9.54. The van der Waals surface area contributed by atoms with Crippen LogP contribution < -0.4 is 11.1 Å². The number of H-pyrrole nitrogens is 2. The highest BCUT2D eigenvalue weighted by molar-refractivity contribution is 8.93. The summed E-state index contributed by atoms with van der Waals surface area (Å²) in [6, 6.07) is 2.70. The van der Waals surface area contributed by atoms with Gasteiger partial charge in [0.05, 0.1) is 16.0 Å². The van der Waals surface area contributed by atoms with Crippen molar-refractivity contribution in [2.24, 2.45) is 0 Å². The van der Waals surface area contributed by atoms with Crippen LogP contribution in [0.3, 0.4) is 0 Å². The number of aromatic nitrogens is 2. The van der Waals surface area contributed by atoms with Gasteiger partial charge in [-0.1, -0.05) is 0 Å². The van der Waals surface area contributed by atoms with E-state index < -0.39 is 16.0 Å². The lowest BCUT2D eigenvalue weighted by molar-refractivity contribution is -0.384. The SMILES string of the molecule is Br.O=c1[nH]c2cc([N+](=O)[O-])cc(CN3CCC3)c2[nH]c1=O. The topological polar surface area (TPSA) is 112 Å². The first kappa shape index (κ1) is 15.4. The van der Waals surface area contributed by atoms with Crippen LogP contribution >= 0.6 is 17.0 Å². The van der Waals surface area contributed by atoms with Crippen LogP contribution in [0.4, 0.5) is 5.69 Å². The third-order valence-corrected chi connectivity index (χ3v) is 3.45. The molecule has 21 heavy (non-hydrogen) atoms. The molecule has 0 radical (unpaired) electrons. The van der Waals surface area contributed by atoms with Gasteiger partial charge in [0.15, 0.2) is 0 Å². The summed E-state index contributed by atoms with van der Waals surface area (Å²) in [7, 11) is 0. The number of likely N-dealkylation sites (tertiary alicyclic amines) is 1. The number of hydrogen-bond acceptors (Lipinski definition) is 5. The van der Waals surface area contributed by atoms with Gasteiger partial charge in [0.2, 0.25) is 0 Å². The molecule has 1 fully saturated rings. The van der Waals surface area contributed by atoms with Crippen LogP contribution in [-0.4, -0.2) is 32.9 Å². The second kappa shape index (κ2) is 5.78. The normalized spacial score (nSPS) is 14.5. The van der Waals surface area contributed by atoms with E-state index in [4.69, 9.17) is 0 Å². The zero-order valence-electron chi connectivity index (χ0n) is 10.9. The summed E-state index contributed by atoms with van der Waals surface area (Å²) in [5, 5.41) is 10.9. The van der Waals surface area contributed by atoms with Crippen molar-refractivity contribution < 1.29 is 4.92 Å². The van der Waals surface area contributed by atoms with Gasteiger partial charge in [-0.25, -0.2) is 0 Å². The number of halogens is 1. The van der Waals surface area contributed by atoms with Crippen molar-refractivity contribution >= 4 is 33.7 Å². The Kier molecular flexibility index (Phi) is 4.24. The van der Waals surface area contributed by atoms with Crippen molar-refractivity contribution in [3.8, 4) is 0 Å². The molecule has 0 bridgehead atoms. The fourth-order valence-corrected chi connectivity index (χ4v) is 2.29. The molecule has 2 N–H and O–H groups in total. The number of rotatable bonds is 3. The lowest BCUT2D eigenvalue weighted by Crippen LogP contribution is -2.36. The van der Waals surface area contributed by atoms with Gasteiger partial charge in [-0.05, 0) is 25.1 Å². The number of aromatic amines is 2. The van der Waals surface area contributed by atoms with Crippen molar-refractivity contribution in [1.29, 1.82) is 0 Å². The standard InChI is InChI=1S/C12H12N4O4.BrH/c17-11-12(18)14-10-7(6-15-2-1-3-15)4-8(16(19)20)5-9(10)13-11;/h4-5H,1-3,6H2,(H,13,17)(H,14,18);1H. The highest BCUT2D eigenvalue weighted by Crippen LogP contribution is 2.24. The number of nitro groups is 1. The summed E-state index contributed by atoms with van der Waals surface area (Å²) in [5.41, 5.74) is -0.298. The van der Waals surface area contributed by atoms with Crippen LogP contribution in [0.15, 0.2) is 21.7 Å².